The number of rotatable bonds is 3. The first kappa shape index (κ1) is 7.94. The van der Waals surface area contributed by atoms with Crippen molar-refractivity contribution in [3.05, 3.63) is 18.7 Å². The number of anilines is 1. The molecule has 1 aromatic rings. The summed E-state index contributed by atoms with van der Waals surface area (Å²) in [6.07, 6.45) is 4.90. The smallest absolute Gasteiger partial charge is 0.115 e. The van der Waals surface area contributed by atoms with Gasteiger partial charge in [0.15, 0.2) is 0 Å². The Bertz CT molecular complexity index is 202. The summed E-state index contributed by atoms with van der Waals surface area (Å²) in [5.74, 6) is 0. The van der Waals surface area contributed by atoms with Crippen LogP contribution in [-0.2, 0) is 0 Å². The van der Waals surface area contributed by atoms with E-state index in [1.54, 1.807) is 12.4 Å². The van der Waals surface area contributed by atoms with E-state index in [0.29, 0.717) is 6.54 Å². The zero-order valence-corrected chi connectivity index (χ0v) is 6.44. The number of likely N-dealkylation sites (N-methyl/N-ethyl adjacent to an activating group) is 1. The lowest BCUT2D eigenvalue weighted by Gasteiger charge is -2.15. The van der Waals surface area contributed by atoms with Gasteiger partial charge < -0.3 is 10.0 Å². The third kappa shape index (κ3) is 2.16. The molecule has 0 unspecified atom stereocenters. The second kappa shape index (κ2) is 3.88. The van der Waals surface area contributed by atoms with E-state index >= 15 is 0 Å². The number of aliphatic hydroxyl groups is 1. The van der Waals surface area contributed by atoms with E-state index in [2.05, 4.69) is 9.97 Å². The van der Waals surface area contributed by atoms with Gasteiger partial charge in [-0.15, -0.1) is 0 Å². The van der Waals surface area contributed by atoms with E-state index < -0.39 is 0 Å². The molecule has 0 saturated heterocycles. The summed E-state index contributed by atoms with van der Waals surface area (Å²) >= 11 is 0. The predicted molar refractivity (Wildman–Crippen MR) is 42.4 cm³/mol. The fourth-order valence-corrected chi connectivity index (χ4v) is 0.767. The minimum atomic E-state index is 0.144. The van der Waals surface area contributed by atoms with Gasteiger partial charge in [0.25, 0.3) is 0 Å². The molecular weight excluding hydrogens is 142 g/mol. The Hall–Kier alpha value is -1.16. The van der Waals surface area contributed by atoms with Gasteiger partial charge in [-0.05, 0) is 0 Å². The van der Waals surface area contributed by atoms with Gasteiger partial charge in [-0.1, -0.05) is 0 Å². The van der Waals surface area contributed by atoms with E-state index in [1.807, 2.05) is 11.9 Å². The first-order chi connectivity index (χ1) is 5.34. The summed E-state index contributed by atoms with van der Waals surface area (Å²) in [6.45, 7) is 0.749. The molecule has 1 heterocycles. The highest BCUT2D eigenvalue weighted by atomic mass is 16.3. The van der Waals surface area contributed by atoms with Crippen molar-refractivity contribution in [1.82, 2.24) is 9.97 Å². The summed E-state index contributed by atoms with van der Waals surface area (Å²) in [5.41, 5.74) is 0.918. The van der Waals surface area contributed by atoms with Crippen LogP contribution in [0.2, 0.25) is 0 Å². The molecule has 1 aromatic heterocycles. The lowest BCUT2D eigenvalue weighted by atomic mass is 10.4. The molecule has 0 aliphatic carbocycles. The van der Waals surface area contributed by atoms with Gasteiger partial charge in [0, 0.05) is 13.6 Å². The molecule has 4 nitrogen and oxygen atoms in total. The van der Waals surface area contributed by atoms with Gasteiger partial charge >= 0.3 is 0 Å². The predicted octanol–water partition coefficient (Wildman–Crippen LogP) is -0.0949. The number of hydrogen-bond donors (Lipinski definition) is 1. The quantitative estimate of drug-likeness (QED) is 0.659. The van der Waals surface area contributed by atoms with Crippen LogP contribution >= 0.6 is 0 Å². The maximum atomic E-state index is 8.62. The molecule has 1 N–H and O–H groups in total. The largest absolute Gasteiger partial charge is 0.395 e. The second-order valence-electron chi connectivity index (χ2n) is 2.24. The molecule has 4 heteroatoms. The lowest BCUT2D eigenvalue weighted by molar-refractivity contribution is 0.304. The van der Waals surface area contributed by atoms with Crippen LogP contribution in [0.3, 0.4) is 0 Å². The van der Waals surface area contributed by atoms with Crippen LogP contribution in [0.25, 0.3) is 0 Å². The Morgan fingerprint density at radius 2 is 2.09 bits per heavy atom. The highest BCUT2D eigenvalue weighted by Crippen LogP contribution is 2.05. The molecule has 11 heavy (non-hydrogen) atoms. The van der Waals surface area contributed by atoms with Crippen LogP contribution in [0.15, 0.2) is 18.7 Å². The van der Waals surface area contributed by atoms with Crippen LogP contribution in [0.4, 0.5) is 5.69 Å². The Kier molecular flexibility index (Phi) is 2.80. The van der Waals surface area contributed by atoms with E-state index in [1.165, 1.54) is 6.33 Å². The highest BCUT2D eigenvalue weighted by molar-refractivity contribution is 5.39. The van der Waals surface area contributed by atoms with Gasteiger partial charge in [-0.2, -0.15) is 0 Å². The van der Waals surface area contributed by atoms with Crippen LogP contribution in [0, 0.1) is 0 Å². The minimum absolute atomic E-state index is 0.144. The summed E-state index contributed by atoms with van der Waals surface area (Å²) in [5, 5.41) is 8.62. The topological polar surface area (TPSA) is 49.2 Å². The Morgan fingerprint density at radius 1 is 1.45 bits per heavy atom. The van der Waals surface area contributed by atoms with Gasteiger partial charge in [0.05, 0.1) is 24.7 Å². The van der Waals surface area contributed by atoms with Crippen molar-refractivity contribution < 1.29 is 5.11 Å². The number of aliphatic hydroxyl groups excluding tert-OH is 1. The fraction of sp³-hybridized carbons (Fsp3) is 0.429. The Morgan fingerprint density at radius 3 is 2.64 bits per heavy atom. The van der Waals surface area contributed by atoms with E-state index in [0.717, 1.165) is 5.69 Å². The zero-order valence-electron chi connectivity index (χ0n) is 6.44. The lowest BCUT2D eigenvalue weighted by Crippen LogP contribution is -2.21. The average Bonchev–Trinajstić information content (AvgIpc) is 2.07. The summed E-state index contributed by atoms with van der Waals surface area (Å²) < 4.78 is 0. The molecule has 1 rings (SSSR count). The van der Waals surface area contributed by atoms with E-state index in [9.17, 15) is 0 Å². The van der Waals surface area contributed by atoms with Gasteiger partial charge in [0.2, 0.25) is 0 Å². The average molecular weight is 153 g/mol. The van der Waals surface area contributed by atoms with Crippen molar-refractivity contribution in [2.24, 2.45) is 0 Å². The van der Waals surface area contributed by atoms with Crippen LogP contribution < -0.4 is 4.90 Å². The number of aromatic nitrogens is 2. The number of nitrogens with zero attached hydrogens (tertiary/aromatic N) is 3. The molecule has 0 saturated carbocycles. The molecule has 0 amide bonds. The fourth-order valence-electron chi connectivity index (χ4n) is 0.767. The van der Waals surface area contributed by atoms with Crippen molar-refractivity contribution in [3.63, 3.8) is 0 Å². The van der Waals surface area contributed by atoms with Gasteiger partial charge in [-0.25, -0.2) is 9.97 Å². The van der Waals surface area contributed by atoms with Crippen molar-refractivity contribution in [3.8, 4) is 0 Å². The monoisotopic (exact) mass is 153 g/mol. The molecule has 0 fully saturated rings. The van der Waals surface area contributed by atoms with Crippen molar-refractivity contribution in [2.75, 3.05) is 25.1 Å². The van der Waals surface area contributed by atoms with E-state index in [4.69, 9.17) is 5.11 Å². The molecule has 0 aliphatic rings. The Labute approximate surface area is 65.5 Å². The SMILES string of the molecule is CN(CCO)c1cncnc1. The third-order valence-corrected chi connectivity index (χ3v) is 1.42. The first-order valence-electron chi connectivity index (χ1n) is 3.41. The van der Waals surface area contributed by atoms with E-state index in [-0.39, 0.29) is 6.61 Å². The maximum absolute atomic E-state index is 8.62. The summed E-state index contributed by atoms with van der Waals surface area (Å²) in [6, 6.07) is 0. The zero-order chi connectivity index (χ0) is 8.10. The minimum Gasteiger partial charge on any atom is -0.395 e. The normalized spacial score (nSPS) is 9.64. The molecular formula is C7H11N3O. The molecule has 0 spiro atoms. The van der Waals surface area contributed by atoms with Crippen molar-refractivity contribution in [2.45, 2.75) is 0 Å². The molecule has 0 bridgehead atoms. The van der Waals surface area contributed by atoms with Crippen LogP contribution in [0.1, 0.15) is 0 Å². The van der Waals surface area contributed by atoms with Gasteiger partial charge in [-0.3, -0.25) is 0 Å². The van der Waals surface area contributed by atoms with Gasteiger partial charge in [0.1, 0.15) is 6.33 Å². The molecule has 60 valence electrons. The first-order valence-corrected chi connectivity index (χ1v) is 3.41. The third-order valence-electron chi connectivity index (χ3n) is 1.42. The Balaban J connectivity index is 2.61. The molecule has 0 radical (unpaired) electrons. The number of hydrogen-bond acceptors (Lipinski definition) is 4. The van der Waals surface area contributed by atoms with Crippen LogP contribution in [0.5, 0.6) is 0 Å². The van der Waals surface area contributed by atoms with Crippen LogP contribution in [-0.4, -0.2) is 35.3 Å². The maximum Gasteiger partial charge on any atom is 0.115 e. The highest BCUT2D eigenvalue weighted by Gasteiger charge is 1.97. The van der Waals surface area contributed by atoms with Crippen molar-refractivity contribution >= 4 is 5.69 Å². The second-order valence-corrected chi connectivity index (χ2v) is 2.24. The summed E-state index contributed by atoms with van der Waals surface area (Å²) in [4.78, 5) is 9.60. The standard InChI is InChI=1S/C7H11N3O/c1-10(2-3-11)7-4-8-6-9-5-7/h4-6,11H,2-3H2,1H3. The van der Waals surface area contributed by atoms with Crippen molar-refractivity contribution in [1.29, 1.82) is 0 Å². The summed E-state index contributed by atoms with van der Waals surface area (Å²) in [7, 11) is 1.88. The molecule has 0 atom stereocenters. The molecule has 0 aliphatic heterocycles. The molecule has 0 aromatic carbocycles.